The Kier molecular flexibility index (Phi) is 5.40. The third kappa shape index (κ3) is 3.89. The molecule has 0 saturated heterocycles. The van der Waals surface area contributed by atoms with Crippen LogP contribution in [0.5, 0.6) is 0 Å². The van der Waals surface area contributed by atoms with Crippen LogP contribution in [0.3, 0.4) is 0 Å². The minimum Gasteiger partial charge on any atom is -0.467 e. The number of hydrogen-bond donors (Lipinski definition) is 0. The first-order valence-corrected chi connectivity index (χ1v) is 12.0. The molecule has 5 aromatic rings. The van der Waals surface area contributed by atoms with Crippen LogP contribution < -0.4 is 5.01 Å². The lowest BCUT2D eigenvalue weighted by Gasteiger charge is -2.21. The fourth-order valence-electron chi connectivity index (χ4n) is 4.22. The highest BCUT2D eigenvalue weighted by Crippen LogP contribution is 2.38. The minimum atomic E-state index is -0.151. The summed E-state index contributed by atoms with van der Waals surface area (Å²) in [5.41, 5.74) is 4.62. The molecule has 0 saturated carbocycles. The first-order valence-electron chi connectivity index (χ1n) is 10.8. The van der Waals surface area contributed by atoms with Crippen molar-refractivity contribution in [3.63, 3.8) is 0 Å². The van der Waals surface area contributed by atoms with Gasteiger partial charge in [-0.2, -0.15) is 5.10 Å². The van der Waals surface area contributed by atoms with E-state index < -0.39 is 0 Å². The van der Waals surface area contributed by atoms with Gasteiger partial charge in [0.05, 0.1) is 23.2 Å². The second-order valence-corrected chi connectivity index (χ2v) is 9.39. The van der Waals surface area contributed by atoms with Crippen LogP contribution in [0.15, 0.2) is 105 Å². The van der Waals surface area contributed by atoms with Gasteiger partial charge in [0, 0.05) is 26.9 Å². The first-order chi connectivity index (χ1) is 16.7. The molecule has 0 bridgehead atoms. The fourth-order valence-corrected chi connectivity index (χ4v) is 4.66. The molecule has 3 heterocycles. The summed E-state index contributed by atoms with van der Waals surface area (Å²) in [6.07, 6.45) is 2.36. The molecule has 0 spiro atoms. The Morgan fingerprint density at radius 2 is 1.71 bits per heavy atom. The Hall–Kier alpha value is -3.48. The van der Waals surface area contributed by atoms with Crippen molar-refractivity contribution in [1.29, 1.82) is 0 Å². The van der Waals surface area contributed by atoms with Crippen LogP contribution in [0.1, 0.15) is 23.8 Å². The molecule has 0 aliphatic carbocycles. The standard InChI is InChI=1S/C27H18BrClN4O/c28-19-10-8-17(9-11-19)23-16-24(25-7-4-14-34-25)33(32-23)27-30-22-13-12-20(29)15-21(22)26(31-27)18-5-2-1-3-6-18/h1-15,24H,16H2/t24-/m0/s1. The van der Waals surface area contributed by atoms with E-state index >= 15 is 0 Å². The highest BCUT2D eigenvalue weighted by Gasteiger charge is 2.34. The topological polar surface area (TPSA) is 54.5 Å². The molecule has 5 nitrogen and oxygen atoms in total. The summed E-state index contributed by atoms with van der Waals surface area (Å²) in [6.45, 7) is 0. The number of nitrogens with zero attached hydrogens (tertiary/aromatic N) is 4. The molecule has 1 aliphatic heterocycles. The Labute approximate surface area is 209 Å². The predicted octanol–water partition coefficient (Wildman–Crippen LogP) is 7.66. The lowest BCUT2D eigenvalue weighted by molar-refractivity contribution is 0.463. The highest BCUT2D eigenvalue weighted by molar-refractivity contribution is 9.10. The van der Waals surface area contributed by atoms with Gasteiger partial charge in [0.25, 0.3) is 0 Å². The molecule has 2 aromatic heterocycles. The maximum Gasteiger partial charge on any atom is 0.248 e. The third-order valence-electron chi connectivity index (χ3n) is 5.86. The van der Waals surface area contributed by atoms with Crippen LogP contribution in [-0.2, 0) is 0 Å². The van der Waals surface area contributed by atoms with Crippen molar-refractivity contribution in [3.8, 4) is 11.3 Å². The van der Waals surface area contributed by atoms with Crippen molar-refractivity contribution in [3.05, 3.63) is 112 Å². The van der Waals surface area contributed by atoms with Crippen LogP contribution in [0, 0.1) is 0 Å². The number of rotatable bonds is 4. The van der Waals surface area contributed by atoms with E-state index in [1.165, 1.54) is 0 Å². The minimum absolute atomic E-state index is 0.151. The molecule has 0 N–H and O–H groups in total. The molecule has 34 heavy (non-hydrogen) atoms. The monoisotopic (exact) mass is 528 g/mol. The van der Waals surface area contributed by atoms with E-state index in [0.717, 1.165) is 43.7 Å². The van der Waals surface area contributed by atoms with E-state index in [9.17, 15) is 0 Å². The normalized spacial score (nSPS) is 15.6. The summed E-state index contributed by atoms with van der Waals surface area (Å²) in [5, 5.41) is 8.39. The molecule has 166 valence electrons. The van der Waals surface area contributed by atoms with Crippen molar-refractivity contribution >= 4 is 50.1 Å². The second-order valence-electron chi connectivity index (χ2n) is 8.03. The fraction of sp³-hybridized carbons (Fsp3) is 0.0741. The van der Waals surface area contributed by atoms with Gasteiger partial charge in [0.15, 0.2) is 0 Å². The lowest BCUT2D eigenvalue weighted by atomic mass is 10.0. The van der Waals surface area contributed by atoms with Crippen molar-refractivity contribution in [1.82, 2.24) is 9.97 Å². The summed E-state index contributed by atoms with van der Waals surface area (Å²) in [6, 6.07) is 27.6. The molecule has 0 radical (unpaired) electrons. The van der Waals surface area contributed by atoms with E-state index in [-0.39, 0.29) is 6.04 Å². The maximum atomic E-state index is 6.33. The average Bonchev–Trinajstić information content (AvgIpc) is 3.55. The summed E-state index contributed by atoms with van der Waals surface area (Å²) >= 11 is 9.84. The zero-order valence-corrected chi connectivity index (χ0v) is 20.2. The Balaban J connectivity index is 1.53. The van der Waals surface area contributed by atoms with Crippen LogP contribution >= 0.6 is 27.5 Å². The molecule has 3 aromatic carbocycles. The molecule has 6 rings (SSSR count). The van der Waals surface area contributed by atoms with Gasteiger partial charge in [-0.1, -0.05) is 70.0 Å². The molecule has 0 amide bonds. The zero-order chi connectivity index (χ0) is 23.1. The Bertz CT molecular complexity index is 1500. The van der Waals surface area contributed by atoms with Crippen LogP contribution in [0.2, 0.25) is 5.02 Å². The summed E-state index contributed by atoms with van der Waals surface area (Å²) in [7, 11) is 0. The number of aromatic nitrogens is 2. The van der Waals surface area contributed by atoms with E-state index in [0.29, 0.717) is 17.4 Å². The second kappa shape index (κ2) is 8.70. The number of hydrogen-bond acceptors (Lipinski definition) is 5. The van der Waals surface area contributed by atoms with Gasteiger partial charge in [-0.05, 0) is 48.0 Å². The van der Waals surface area contributed by atoms with Crippen LogP contribution in [-0.4, -0.2) is 15.7 Å². The quantitative estimate of drug-likeness (QED) is 0.240. The van der Waals surface area contributed by atoms with E-state index in [4.69, 9.17) is 31.1 Å². The molecule has 1 aliphatic rings. The van der Waals surface area contributed by atoms with Gasteiger partial charge < -0.3 is 4.42 Å². The van der Waals surface area contributed by atoms with Crippen molar-refractivity contribution < 1.29 is 4.42 Å². The van der Waals surface area contributed by atoms with E-state index in [2.05, 4.69) is 28.1 Å². The van der Waals surface area contributed by atoms with Gasteiger partial charge in [0.1, 0.15) is 11.8 Å². The number of hydrazone groups is 1. The largest absolute Gasteiger partial charge is 0.467 e. The van der Waals surface area contributed by atoms with Crippen LogP contribution in [0.25, 0.3) is 22.2 Å². The molecular formula is C27H18BrClN4O. The number of halogens is 2. The Morgan fingerprint density at radius 3 is 2.47 bits per heavy atom. The summed E-state index contributed by atoms with van der Waals surface area (Å²) in [4.78, 5) is 9.88. The van der Waals surface area contributed by atoms with E-state index in [1.807, 2.05) is 77.8 Å². The van der Waals surface area contributed by atoms with Gasteiger partial charge >= 0.3 is 0 Å². The number of furan rings is 1. The highest BCUT2D eigenvalue weighted by atomic mass is 79.9. The maximum absolute atomic E-state index is 6.33. The zero-order valence-electron chi connectivity index (χ0n) is 17.9. The van der Waals surface area contributed by atoms with E-state index in [1.54, 1.807) is 6.26 Å². The summed E-state index contributed by atoms with van der Waals surface area (Å²) in [5.74, 6) is 1.33. The molecule has 0 unspecified atom stereocenters. The number of anilines is 1. The van der Waals surface area contributed by atoms with Crippen molar-refractivity contribution in [2.75, 3.05) is 5.01 Å². The van der Waals surface area contributed by atoms with Gasteiger partial charge in [-0.25, -0.2) is 15.0 Å². The molecule has 1 atom stereocenters. The van der Waals surface area contributed by atoms with Gasteiger partial charge in [0.2, 0.25) is 5.95 Å². The smallest absolute Gasteiger partial charge is 0.248 e. The SMILES string of the molecule is Clc1ccc2nc(N3N=C(c4ccc(Br)cc4)C[C@H]3c3ccco3)nc(-c3ccccc3)c2c1. The molecular weight excluding hydrogens is 512 g/mol. The average molecular weight is 530 g/mol. The van der Waals surface area contributed by atoms with Gasteiger partial charge in [-0.15, -0.1) is 0 Å². The summed E-state index contributed by atoms with van der Waals surface area (Å²) < 4.78 is 6.82. The predicted molar refractivity (Wildman–Crippen MR) is 139 cm³/mol. The van der Waals surface area contributed by atoms with Crippen molar-refractivity contribution in [2.24, 2.45) is 5.10 Å². The van der Waals surface area contributed by atoms with Crippen molar-refractivity contribution in [2.45, 2.75) is 12.5 Å². The lowest BCUT2D eigenvalue weighted by Crippen LogP contribution is -2.20. The number of fused-ring (bicyclic) bond motifs is 1. The molecule has 7 heteroatoms. The number of benzene rings is 3. The third-order valence-corrected chi connectivity index (χ3v) is 6.62. The first kappa shape index (κ1) is 21.1. The van der Waals surface area contributed by atoms with Crippen LogP contribution in [0.4, 0.5) is 5.95 Å². The molecule has 0 fully saturated rings. The van der Waals surface area contributed by atoms with Gasteiger partial charge in [-0.3, -0.25) is 0 Å². The Morgan fingerprint density at radius 1 is 0.882 bits per heavy atom.